The predicted molar refractivity (Wildman–Crippen MR) is 136 cm³/mol. The Morgan fingerprint density at radius 1 is 1.06 bits per heavy atom. The fraction of sp³-hybridized carbons (Fsp3) is 0.385. The lowest BCUT2D eigenvalue weighted by atomic mass is 10.1. The monoisotopic (exact) mass is 495 g/mol. The molecule has 9 nitrogen and oxygen atoms in total. The molecule has 0 bridgehead atoms. The van der Waals surface area contributed by atoms with E-state index < -0.39 is 17.6 Å². The number of fused-ring (bicyclic) bond motifs is 1. The molecule has 1 aliphatic rings. The summed E-state index contributed by atoms with van der Waals surface area (Å²) in [6, 6.07) is 8.14. The Hall–Kier alpha value is -3.63. The summed E-state index contributed by atoms with van der Waals surface area (Å²) in [5, 5.41) is 5.64. The first-order valence-electron chi connectivity index (χ1n) is 12.0. The quantitative estimate of drug-likeness (QED) is 0.458. The number of likely N-dealkylation sites (tertiary alicyclic amines) is 1. The van der Waals surface area contributed by atoms with Crippen LogP contribution in [0.3, 0.4) is 0 Å². The number of methoxy groups -OCH3 is 1. The van der Waals surface area contributed by atoms with Gasteiger partial charge >= 0.3 is 6.03 Å². The lowest BCUT2D eigenvalue weighted by Gasteiger charge is -2.27. The van der Waals surface area contributed by atoms with E-state index in [9.17, 15) is 18.8 Å². The number of anilines is 2. The van der Waals surface area contributed by atoms with Crippen molar-refractivity contribution in [3.8, 4) is 0 Å². The number of hydrogen-bond donors (Lipinski definition) is 2. The van der Waals surface area contributed by atoms with Crippen LogP contribution in [0.2, 0.25) is 0 Å². The second-order valence-electron chi connectivity index (χ2n) is 8.88. The van der Waals surface area contributed by atoms with Crippen molar-refractivity contribution in [2.75, 3.05) is 37.4 Å². The molecule has 0 atom stereocenters. The Labute approximate surface area is 208 Å². The van der Waals surface area contributed by atoms with E-state index in [1.54, 1.807) is 29.9 Å². The van der Waals surface area contributed by atoms with Gasteiger partial charge in [-0.05, 0) is 69.3 Å². The number of hydrogen-bond acceptors (Lipinski definition) is 6. The molecule has 0 unspecified atom stereocenters. The molecule has 190 valence electrons. The van der Waals surface area contributed by atoms with Gasteiger partial charge in [-0.3, -0.25) is 19.1 Å². The van der Waals surface area contributed by atoms with Gasteiger partial charge in [0.25, 0.3) is 5.56 Å². The number of Topliss-reactive ketones (excluding diaryl/α,β-unsaturated/α-hetero) is 1. The summed E-state index contributed by atoms with van der Waals surface area (Å²) in [5.74, 6) is -0.398. The van der Waals surface area contributed by atoms with Crippen LogP contribution in [0.4, 0.5) is 20.6 Å². The van der Waals surface area contributed by atoms with Crippen LogP contribution in [0.25, 0.3) is 10.9 Å². The standard InChI is InChI=1S/C26H30FN5O4/c1-17(33)20-14-18(6-8-22(20)27)28-26(35)29-19-7-9-23-21(15-19)25(34)32(12-13-36-2)24(30-23)16-31-10-4-3-5-11-31/h6-9,14-15H,3-5,10-13,16H2,1-2H3,(H2,28,29,35). The first-order chi connectivity index (χ1) is 17.4. The molecule has 1 fully saturated rings. The molecule has 4 rings (SSSR count). The number of benzene rings is 2. The highest BCUT2D eigenvalue weighted by Crippen LogP contribution is 2.19. The molecule has 1 aromatic heterocycles. The second-order valence-corrected chi connectivity index (χ2v) is 8.88. The number of carbonyl (C=O) groups is 2. The van der Waals surface area contributed by atoms with E-state index in [1.807, 2.05) is 0 Å². The van der Waals surface area contributed by atoms with Gasteiger partial charge < -0.3 is 15.4 Å². The van der Waals surface area contributed by atoms with Crippen molar-refractivity contribution in [1.29, 1.82) is 0 Å². The Bertz CT molecular complexity index is 1330. The molecule has 2 aromatic carbocycles. The van der Waals surface area contributed by atoms with Gasteiger partial charge in [0.05, 0.1) is 36.2 Å². The number of rotatable bonds is 8. The van der Waals surface area contributed by atoms with Crippen molar-refractivity contribution in [2.45, 2.75) is 39.3 Å². The highest BCUT2D eigenvalue weighted by molar-refractivity contribution is 6.02. The summed E-state index contributed by atoms with van der Waals surface area (Å²) in [7, 11) is 1.59. The van der Waals surface area contributed by atoms with Crippen LogP contribution >= 0.6 is 0 Å². The van der Waals surface area contributed by atoms with Gasteiger partial charge in [-0.1, -0.05) is 6.42 Å². The average Bonchev–Trinajstić information content (AvgIpc) is 2.86. The number of ether oxygens (including phenoxy) is 1. The molecule has 10 heteroatoms. The molecule has 3 aromatic rings. The first kappa shape index (κ1) is 25.5. The summed E-state index contributed by atoms with van der Waals surface area (Å²) >= 11 is 0. The largest absolute Gasteiger partial charge is 0.383 e. The van der Waals surface area contributed by atoms with Gasteiger partial charge in [0.2, 0.25) is 0 Å². The third kappa shape index (κ3) is 5.95. The normalized spacial score (nSPS) is 14.1. The van der Waals surface area contributed by atoms with Crippen molar-refractivity contribution in [3.63, 3.8) is 0 Å². The van der Waals surface area contributed by atoms with Crippen LogP contribution in [0.15, 0.2) is 41.2 Å². The Kier molecular flexibility index (Phi) is 8.07. The van der Waals surface area contributed by atoms with Crippen molar-refractivity contribution in [2.24, 2.45) is 0 Å². The Morgan fingerprint density at radius 3 is 2.44 bits per heavy atom. The third-order valence-electron chi connectivity index (χ3n) is 6.23. The summed E-state index contributed by atoms with van der Waals surface area (Å²) in [6.45, 7) is 4.57. The maximum atomic E-state index is 13.8. The van der Waals surface area contributed by atoms with Crippen LogP contribution < -0.4 is 16.2 Å². The van der Waals surface area contributed by atoms with Gasteiger partial charge in [-0.25, -0.2) is 14.2 Å². The SMILES string of the molecule is COCCn1c(CN2CCCCC2)nc2ccc(NC(=O)Nc3ccc(F)c(C(C)=O)c3)cc2c1=O. The molecular weight excluding hydrogens is 465 g/mol. The first-order valence-corrected chi connectivity index (χ1v) is 12.0. The predicted octanol–water partition coefficient (Wildman–Crippen LogP) is 4.01. The maximum Gasteiger partial charge on any atom is 0.323 e. The average molecular weight is 496 g/mol. The fourth-order valence-corrected chi connectivity index (χ4v) is 4.36. The number of piperidine rings is 1. The van der Waals surface area contributed by atoms with E-state index in [2.05, 4.69) is 15.5 Å². The molecule has 1 saturated heterocycles. The fourth-order valence-electron chi connectivity index (χ4n) is 4.36. The minimum absolute atomic E-state index is 0.110. The summed E-state index contributed by atoms with van der Waals surface area (Å²) in [4.78, 5) is 44.6. The highest BCUT2D eigenvalue weighted by Gasteiger charge is 2.17. The van der Waals surface area contributed by atoms with Gasteiger partial charge in [-0.2, -0.15) is 0 Å². The number of nitrogens with one attached hydrogen (secondary N) is 2. The van der Waals surface area contributed by atoms with Crippen LogP contribution in [0.5, 0.6) is 0 Å². The molecule has 0 aliphatic carbocycles. The highest BCUT2D eigenvalue weighted by atomic mass is 19.1. The van der Waals surface area contributed by atoms with Crippen molar-refractivity contribution >= 4 is 34.1 Å². The van der Waals surface area contributed by atoms with Crippen LogP contribution in [0.1, 0.15) is 42.4 Å². The smallest absolute Gasteiger partial charge is 0.323 e. The zero-order valence-corrected chi connectivity index (χ0v) is 20.5. The summed E-state index contributed by atoms with van der Waals surface area (Å²) in [6.07, 6.45) is 3.50. The number of carbonyl (C=O) groups excluding carboxylic acids is 2. The molecule has 0 saturated carbocycles. The number of ketones is 1. The topological polar surface area (TPSA) is 106 Å². The van der Waals surface area contributed by atoms with E-state index in [-0.39, 0.29) is 16.8 Å². The van der Waals surface area contributed by atoms with E-state index in [4.69, 9.17) is 9.72 Å². The summed E-state index contributed by atoms with van der Waals surface area (Å²) in [5.41, 5.74) is 0.913. The van der Waals surface area contributed by atoms with Crippen molar-refractivity contribution in [3.05, 3.63) is 64.0 Å². The zero-order chi connectivity index (χ0) is 25.7. The van der Waals surface area contributed by atoms with Gasteiger partial charge in [0.1, 0.15) is 11.6 Å². The number of aromatic nitrogens is 2. The van der Waals surface area contributed by atoms with E-state index in [0.29, 0.717) is 42.1 Å². The third-order valence-corrected chi connectivity index (χ3v) is 6.23. The number of nitrogens with zero attached hydrogens (tertiary/aromatic N) is 3. The maximum absolute atomic E-state index is 13.8. The molecule has 2 amide bonds. The van der Waals surface area contributed by atoms with Crippen molar-refractivity contribution in [1.82, 2.24) is 14.5 Å². The molecule has 2 N–H and O–H groups in total. The minimum atomic E-state index is -0.653. The van der Waals surface area contributed by atoms with Crippen LogP contribution in [-0.4, -0.2) is 53.1 Å². The van der Waals surface area contributed by atoms with Crippen molar-refractivity contribution < 1.29 is 18.7 Å². The number of halogens is 1. The van der Waals surface area contributed by atoms with E-state index in [0.717, 1.165) is 32.0 Å². The molecule has 2 heterocycles. The Balaban J connectivity index is 1.57. The van der Waals surface area contributed by atoms with Crippen LogP contribution in [-0.2, 0) is 17.8 Å². The Morgan fingerprint density at radius 2 is 1.75 bits per heavy atom. The molecule has 1 aliphatic heterocycles. The van der Waals surface area contributed by atoms with E-state index in [1.165, 1.54) is 25.5 Å². The lowest BCUT2D eigenvalue weighted by Crippen LogP contribution is -2.34. The molecule has 36 heavy (non-hydrogen) atoms. The zero-order valence-electron chi connectivity index (χ0n) is 20.5. The number of amides is 2. The number of urea groups is 1. The molecule has 0 radical (unpaired) electrons. The molecular formula is C26H30FN5O4. The lowest BCUT2D eigenvalue weighted by molar-refractivity contribution is 0.101. The van der Waals surface area contributed by atoms with Gasteiger partial charge in [0.15, 0.2) is 5.78 Å². The van der Waals surface area contributed by atoms with Gasteiger partial charge in [0, 0.05) is 18.5 Å². The van der Waals surface area contributed by atoms with E-state index >= 15 is 0 Å². The van der Waals surface area contributed by atoms with Gasteiger partial charge in [-0.15, -0.1) is 0 Å². The van der Waals surface area contributed by atoms with Crippen LogP contribution in [0, 0.1) is 5.82 Å². The molecule has 0 spiro atoms. The second kappa shape index (κ2) is 11.4. The minimum Gasteiger partial charge on any atom is -0.383 e. The summed E-state index contributed by atoms with van der Waals surface area (Å²) < 4.78 is 20.6.